The Morgan fingerprint density at radius 2 is 1.89 bits per heavy atom. The molecule has 0 aliphatic carbocycles. The summed E-state index contributed by atoms with van der Waals surface area (Å²) in [6.45, 7) is 0.549. The summed E-state index contributed by atoms with van der Waals surface area (Å²) in [4.78, 5) is 17.0. The maximum Gasteiger partial charge on any atom is 0.257 e. The van der Waals surface area contributed by atoms with Gasteiger partial charge in [0.15, 0.2) is 5.13 Å². The van der Waals surface area contributed by atoms with Crippen molar-refractivity contribution in [1.82, 2.24) is 4.98 Å². The Bertz CT molecular complexity index is 1110. The van der Waals surface area contributed by atoms with Gasteiger partial charge < -0.3 is 4.74 Å². The molecule has 0 saturated carbocycles. The zero-order valence-corrected chi connectivity index (χ0v) is 16.5. The number of nitrogens with zero attached hydrogens (tertiary/aromatic N) is 1. The van der Waals surface area contributed by atoms with Crippen molar-refractivity contribution in [2.45, 2.75) is 6.42 Å². The molecule has 1 amide bonds. The van der Waals surface area contributed by atoms with E-state index in [0.717, 1.165) is 16.6 Å². The maximum absolute atomic E-state index is 12.6. The van der Waals surface area contributed by atoms with Gasteiger partial charge in [0.25, 0.3) is 5.91 Å². The fourth-order valence-electron chi connectivity index (χ4n) is 2.78. The van der Waals surface area contributed by atoms with E-state index in [1.165, 1.54) is 16.9 Å². The lowest BCUT2D eigenvalue weighted by atomic mass is 10.2. The number of fused-ring (bicyclic) bond motifs is 1. The minimum Gasteiger partial charge on any atom is -0.493 e. The quantitative estimate of drug-likeness (QED) is 0.437. The third kappa shape index (κ3) is 4.50. The third-order valence-corrected chi connectivity index (χ3v) is 5.34. The average molecular weight is 409 g/mol. The largest absolute Gasteiger partial charge is 0.493 e. The van der Waals surface area contributed by atoms with Crippen LogP contribution in [0.1, 0.15) is 15.9 Å². The van der Waals surface area contributed by atoms with E-state index < -0.39 is 0 Å². The predicted octanol–water partition coefficient (Wildman–Crippen LogP) is 5.82. The molecule has 0 radical (unpaired) electrons. The van der Waals surface area contributed by atoms with Gasteiger partial charge in [-0.2, -0.15) is 0 Å². The summed E-state index contributed by atoms with van der Waals surface area (Å²) in [5.41, 5.74) is 2.55. The molecule has 28 heavy (non-hydrogen) atoms. The first-order valence-electron chi connectivity index (χ1n) is 8.82. The number of hydrogen-bond donors (Lipinski definition) is 1. The molecule has 4 rings (SSSR count). The van der Waals surface area contributed by atoms with Crippen molar-refractivity contribution in [3.05, 3.63) is 88.9 Å². The molecule has 140 valence electrons. The van der Waals surface area contributed by atoms with Crippen LogP contribution in [0.3, 0.4) is 0 Å². The lowest BCUT2D eigenvalue weighted by Gasteiger charge is -2.08. The summed E-state index contributed by atoms with van der Waals surface area (Å²) in [6.07, 6.45) is 0.811. The molecular weight excluding hydrogens is 392 g/mol. The van der Waals surface area contributed by atoms with Crippen LogP contribution >= 0.6 is 22.9 Å². The molecule has 0 aliphatic heterocycles. The zero-order chi connectivity index (χ0) is 19.3. The Hall–Kier alpha value is -2.89. The molecule has 0 unspecified atom stereocenters. The number of nitrogens with one attached hydrogen (secondary N) is 1. The molecule has 3 aromatic carbocycles. The molecule has 6 heteroatoms. The minimum absolute atomic E-state index is 0.223. The first-order valence-corrected chi connectivity index (χ1v) is 10.0. The van der Waals surface area contributed by atoms with Gasteiger partial charge in [0.2, 0.25) is 0 Å². The van der Waals surface area contributed by atoms with E-state index in [-0.39, 0.29) is 5.91 Å². The van der Waals surface area contributed by atoms with Crippen LogP contribution in [0.25, 0.3) is 10.2 Å². The number of carbonyl (C=O) groups excluding carboxylic acids is 1. The van der Waals surface area contributed by atoms with Gasteiger partial charge in [-0.1, -0.05) is 59.3 Å². The first kappa shape index (κ1) is 18.5. The number of hydrogen-bond acceptors (Lipinski definition) is 4. The molecule has 4 aromatic rings. The van der Waals surface area contributed by atoms with Gasteiger partial charge in [-0.15, -0.1) is 0 Å². The molecule has 1 N–H and O–H groups in total. The summed E-state index contributed by atoms with van der Waals surface area (Å²) in [5.74, 6) is 0.443. The Balaban J connectivity index is 1.40. The lowest BCUT2D eigenvalue weighted by molar-refractivity contribution is 0.102. The number of amides is 1. The van der Waals surface area contributed by atoms with E-state index in [1.807, 2.05) is 42.5 Å². The number of ether oxygens (including phenoxy) is 1. The number of carbonyl (C=O) groups is 1. The number of halogens is 1. The molecule has 1 heterocycles. The topological polar surface area (TPSA) is 51.2 Å². The minimum atomic E-state index is -0.223. The fraction of sp³-hybridized carbons (Fsp3) is 0.0909. The molecule has 0 bridgehead atoms. The lowest BCUT2D eigenvalue weighted by Crippen LogP contribution is -2.12. The highest BCUT2D eigenvalue weighted by Crippen LogP contribution is 2.28. The number of benzene rings is 3. The van der Waals surface area contributed by atoms with Crippen molar-refractivity contribution < 1.29 is 9.53 Å². The zero-order valence-electron chi connectivity index (χ0n) is 14.9. The van der Waals surface area contributed by atoms with Crippen molar-refractivity contribution in [3.8, 4) is 5.75 Å². The smallest absolute Gasteiger partial charge is 0.257 e. The first-order chi connectivity index (χ1) is 13.7. The van der Waals surface area contributed by atoms with E-state index in [4.69, 9.17) is 16.3 Å². The van der Waals surface area contributed by atoms with E-state index in [9.17, 15) is 4.79 Å². The number of thiazole rings is 1. The second-order valence-corrected chi connectivity index (χ2v) is 7.66. The highest BCUT2D eigenvalue weighted by Gasteiger charge is 2.11. The molecule has 0 atom stereocenters. The third-order valence-electron chi connectivity index (χ3n) is 4.17. The van der Waals surface area contributed by atoms with Crippen LogP contribution in [-0.4, -0.2) is 17.5 Å². The average Bonchev–Trinajstić information content (AvgIpc) is 3.10. The van der Waals surface area contributed by atoms with Crippen LogP contribution in [-0.2, 0) is 6.42 Å². The number of anilines is 1. The molecule has 0 fully saturated rings. The van der Waals surface area contributed by atoms with Gasteiger partial charge in [-0.25, -0.2) is 4.98 Å². The van der Waals surface area contributed by atoms with Gasteiger partial charge in [0, 0.05) is 17.0 Å². The van der Waals surface area contributed by atoms with Crippen molar-refractivity contribution in [2.24, 2.45) is 0 Å². The van der Waals surface area contributed by atoms with Gasteiger partial charge >= 0.3 is 0 Å². The Labute approximate surface area is 171 Å². The molecule has 1 aromatic heterocycles. The Kier molecular flexibility index (Phi) is 5.55. The van der Waals surface area contributed by atoms with Gasteiger partial charge in [0.1, 0.15) is 5.75 Å². The molecule has 0 saturated heterocycles. The standard InChI is InChI=1S/C22H17ClN2O2S/c23-17-9-10-19-20(14-17)28-22(24-19)25-21(26)16-7-4-8-18(13-16)27-12-11-15-5-2-1-3-6-15/h1-10,13-14H,11-12H2,(H,24,25,26). The van der Waals surface area contributed by atoms with E-state index in [2.05, 4.69) is 22.4 Å². The Morgan fingerprint density at radius 1 is 1.04 bits per heavy atom. The Morgan fingerprint density at radius 3 is 2.75 bits per heavy atom. The van der Waals surface area contributed by atoms with E-state index in [1.54, 1.807) is 18.2 Å². The van der Waals surface area contributed by atoms with Crippen molar-refractivity contribution in [3.63, 3.8) is 0 Å². The molecule has 0 spiro atoms. The van der Waals surface area contributed by atoms with Crippen LogP contribution in [0, 0.1) is 0 Å². The second-order valence-electron chi connectivity index (χ2n) is 6.20. The molecule has 4 nitrogen and oxygen atoms in total. The summed E-state index contributed by atoms with van der Waals surface area (Å²) >= 11 is 7.40. The van der Waals surface area contributed by atoms with E-state index in [0.29, 0.717) is 28.1 Å². The summed E-state index contributed by atoms with van der Waals surface area (Å²) in [7, 11) is 0. The maximum atomic E-state index is 12.6. The van der Waals surface area contributed by atoms with Crippen LogP contribution in [0.2, 0.25) is 5.02 Å². The van der Waals surface area contributed by atoms with E-state index >= 15 is 0 Å². The van der Waals surface area contributed by atoms with Crippen LogP contribution < -0.4 is 10.1 Å². The van der Waals surface area contributed by atoms with Crippen LogP contribution in [0.4, 0.5) is 5.13 Å². The predicted molar refractivity (Wildman–Crippen MR) is 115 cm³/mol. The summed E-state index contributed by atoms with van der Waals surface area (Å²) < 4.78 is 6.74. The fourth-order valence-corrected chi connectivity index (χ4v) is 3.92. The van der Waals surface area contributed by atoms with Gasteiger partial charge in [-0.05, 0) is 42.0 Å². The van der Waals surface area contributed by atoms with Crippen molar-refractivity contribution in [1.29, 1.82) is 0 Å². The van der Waals surface area contributed by atoms with Crippen LogP contribution in [0.5, 0.6) is 5.75 Å². The van der Waals surface area contributed by atoms with Crippen LogP contribution in [0.15, 0.2) is 72.8 Å². The highest BCUT2D eigenvalue weighted by molar-refractivity contribution is 7.22. The van der Waals surface area contributed by atoms with Crippen molar-refractivity contribution >= 4 is 44.2 Å². The number of aromatic nitrogens is 1. The SMILES string of the molecule is O=C(Nc1nc2ccc(Cl)cc2s1)c1cccc(OCCc2ccccc2)c1. The van der Waals surface area contributed by atoms with Gasteiger partial charge in [0.05, 0.1) is 16.8 Å². The van der Waals surface area contributed by atoms with Gasteiger partial charge in [-0.3, -0.25) is 10.1 Å². The monoisotopic (exact) mass is 408 g/mol. The second kappa shape index (κ2) is 8.42. The summed E-state index contributed by atoms with van der Waals surface area (Å²) in [6, 6.07) is 22.8. The normalized spacial score (nSPS) is 10.8. The van der Waals surface area contributed by atoms with Crippen molar-refractivity contribution in [2.75, 3.05) is 11.9 Å². The number of rotatable bonds is 6. The molecular formula is C22H17ClN2O2S. The highest BCUT2D eigenvalue weighted by atomic mass is 35.5. The summed E-state index contributed by atoms with van der Waals surface area (Å²) in [5, 5.41) is 4.03. The molecule has 0 aliphatic rings.